The van der Waals surface area contributed by atoms with Crippen molar-refractivity contribution in [3.05, 3.63) is 52.4 Å². The summed E-state index contributed by atoms with van der Waals surface area (Å²) in [5, 5.41) is 2.72. The number of hydrogen-bond donors (Lipinski definition) is 1. The van der Waals surface area contributed by atoms with E-state index in [1.165, 1.54) is 29.7 Å². The van der Waals surface area contributed by atoms with Crippen LogP contribution >= 0.6 is 0 Å². The van der Waals surface area contributed by atoms with Crippen molar-refractivity contribution in [3.63, 3.8) is 0 Å². The van der Waals surface area contributed by atoms with Crippen molar-refractivity contribution in [1.82, 2.24) is 4.57 Å². The summed E-state index contributed by atoms with van der Waals surface area (Å²) in [7, 11) is -3.40. The van der Waals surface area contributed by atoms with Gasteiger partial charge in [-0.3, -0.25) is 9.59 Å². The van der Waals surface area contributed by atoms with Crippen LogP contribution < -0.4 is 15.8 Å². The number of amides is 1. The largest absolute Gasteiger partial charge is 0.371 e. The van der Waals surface area contributed by atoms with Crippen molar-refractivity contribution in [2.24, 2.45) is 5.41 Å². The Morgan fingerprint density at radius 3 is 2.43 bits per heavy atom. The zero-order valence-electron chi connectivity index (χ0n) is 17.3. The molecule has 8 heteroatoms. The standard InChI is InChI=1S/C22H27N3O4S/c1-3-24-12-4-5-18(21(24)27)23-20(26)17-7-6-16(30(2,28)29)15-19(17)25-13-10-22(8-9-22)11-14-25/h4-7,12,15H,3,8-11,13-14H2,1-2H3,(H,23,26). The highest BCUT2D eigenvalue weighted by molar-refractivity contribution is 7.90. The van der Waals surface area contributed by atoms with Crippen molar-refractivity contribution < 1.29 is 13.2 Å². The Bertz CT molecular complexity index is 1140. The summed E-state index contributed by atoms with van der Waals surface area (Å²) in [6.45, 7) is 3.95. The quantitative estimate of drug-likeness (QED) is 0.790. The number of piperidine rings is 1. The monoisotopic (exact) mass is 429 g/mol. The van der Waals surface area contributed by atoms with Gasteiger partial charge in [0.2, 0.25) is 0 Å². The Labute approximate surface area is 176 Å². The van der Waals surface area contributed by atoms with Crippen LogP contribution in [-0.4, -0.2) is 38.2 Å². The number of anilines is 2. The van der Waals surface area contributed by atoms with Crippen LogP contribution in [0.3, 0.4) is 0 Å². The minimum Gasteiger partial charge on any atom is -0.371 e. The molecule has 1 saturated carbocycles. The van der Waals surface area contributed by atoms with Crippen molar-refractivity contribution in [2.45, 2.75) is 44.0 Å². The average Bonchev–Trinajstić information content (AvgIpc) is 3.48. The number of carbonyl (C=O) groups is 1. The molecule has 1 aromatic carbocycles. The fourth-order valence-corrected chi connectivity index (χ4v) is 4.81. The van der Waals surface area contributed by atoms with Gasteiger partial charge in [-0.05, 0) is 68.4 Å². The molecule has 2 aliphatic rings. The molecule has 4 rings (SSSR count). The summed E-state index contributed by atoms with van der Waals surface area (Å²) in [5.41, 5.74) is 1.38. The fourth-order valence-electron chi connectivity index (χ4n) is 4.17. The molecule has 160 valence electrons. The van der Waals surface area contributed by atoms with Crippen molar-refractivity contribution >= 4 is 27.1 Å². The van der Waals surface area contributed by atoms with Gasteiger partial charge in [0.1, 0.15) is 5.69 Å². The molecule has 1 amide bonds. The van der Waals surface area contributed by atoms with E-state index in [0.717, 1.165) is 25.9 Å². The third-order valence-electron chi connectivity index (χ3n) is 6.37. The van der Waals surface area contributed by atoms with Crippen LogP contribution in [0, 0.1) is 5.41 Å². The van der Waals surface area contributed by atoms with Gasteiger partial charge >= 0.3 is 0 Å². The number of hydrogen-bond acceptors (Lipinski definition) is 5. The highest BCUT2D eigenvalue weighted by Gasteiger charge is 2.44. The van der Waals surface area contributed by atoms with E-state index in [-0.39, 0.29) is 16.1 Å². The maximum absolute atomic E-state index is 13.1. The summed E-state index contributed by atoms with van der Waals surface area (Å²) in [5.74, 6) is -0.414. The molecule has 1 saturated heterocycles. The second-order valence-corrected chi connectivity index (χ2v) is 10.4. The summed E-state index contributed by atoms with van der Waals surface area (Å²) in [6, 6.07) is 7.88. The highest BCUT2D eigenvalue weighted by Crippen LogP contribution is 2.54. The van der Waals surface area contributed by atoms with E-state index >= 15 is 0 Å². The number of benzene rings is 1. The molecule has 2 heterocycles. The first kappa shape index (κ1) is 20.7. The second-order valence-electron chi connectivity index (χ2n) is 8.41. The third kappa shape index (κ3) is 4.01. The van der Waals surface area contributed by atoms with Gasteiger partial charge in [-0.15, -0.1) is 0 Å². The molecule has 2 aromatic rings. The smallest absolute Gasteiger partial charge is 0.274 e. The average molecular weight is 430 g/mol. The molecule has 0 unspecified atom stereocenters. The SMILES string of the molecule is CCn1cccc(NC(=O)c2ccc(S(C)(=O)=O)cc2N2CCC3(CC2)CC3)c1=O. The van der Waals surface area contributed by atoms with Gasteiger partial charge in [-0.1, -0.05) is 0 Å². The van der Waals surface area contributed by atoms with Gasteiger partial charge in [0.05, 0.1) is 16.1 Å². The number of sulfone groups is 1. The lowest BCUT2D eigenvalue weighted by molar-refractivity contribution is 0.102. The summed E-state index contributed by atoms with van der Waals surface area (Å²) in [6.07, 6.45) is 7.46. The van der Waals surface area contributed by atoms with Crippen LogP contribution in [0.4, 0.5) is 11.4 Å². The molecule has 1 aliphatic carbocycles. The molecule has 0 radical (unpaired) electrons. The lowest BCUT2D eigenvalue weighted by Crippen LogP contribution is -2.36. The van der Waals surface area contributed by atoms with Crippen LogP contribution in [0.15, 0.2) is 46.2 Å². The number of aryl methyl sites for hydroxylation is 1. The van der Waals surface area contributed by atoms with E-state index < -0.39 is 15.7 Å². The van der Waals surface area contributed by atoms with Crippen LogP contribution in [0.25, 0.3) is 0 Å². The Balaban J connectivity index is 1.68. The van der Waals surface area contributed by atoms with Gasteiger partial charge in [0.25, 0.3) is 11.5 Å². The molecule has 0 bridgehead atoms. The predicted octanol–water partition coefficient (Wildman–Crippen LogP) is 2.90. The first-order chi connectivity index (χ1) is 14.2. The number of rotatable bonds is 5. The molecule has 1 aliphatic heterocycles. The van der Waals surface area contributed by atoms with Crippen LogP contribution in [0.5, 0.6) is 0 Å². The molecule has 30 heavy (non-hydrogen) atoms. The molecule has 1 spiro atoms. The number of nitrogens with zero attached hydrogens (tertiary/aromatic N) is 2. The van der Waals surface area contributed by atoms with Crippen molar-refractivity contribution in [3.8, 4) is 0 Å². The number of carbonyl (C=O) groups excluding carboxylic acids is 1. The maximum Gasteiger partial charge on any atom is 0.274 e. The van der Waals surface area contributed by atoms with Gasteiger partial charge in [0.15, 0.2) is 9.84 Å². The molecule has 0 atom stereocenters. The summed E-state index contributed by atoms with van der Waals surface area (Å²) < 4.78 is 25.7. The molecule has 1 aromatic heterocycles. The molecule has 7 nitrogen and oxygen atoms in total. The van der Waals surface area contributed by atoms with Gasteiger partial charge in [0, 0.05) is 32.1 Å². The zero-order chi connectivity index (χ0) is 21.5. The third-order valence-corrected chi connectivity index (χ3v) is 7.48. The second kappa shape index (κ2) is 7.58. The number of nitrogens with one attached hydrogen (secondary N) is 1. The van der Waals surface area contributed by atoms with E-state index in [1.807, 2.05) is 6.92 Å². The van der Waals surface area contributed by atoms with Crippen LogP contribution in [0.2, 0.25) is 0 Å². The maximum atomic E-state index is 13.1. The van der Waals surface area contributed by atoms with Crippen molar-refractivity contribution in [2.75, 3.05) is 29.6 Å². The highest BCUT2D eigenvalue weighted by atomic mass is 32.2. The molecule has 2 fully saturated rings. The normalized spacial score (nSPS) is 17.7. The summed E-state index contributed by atoms with van der Waals surface area (Å²) in [4.78, 5) is 27.9. The zero-order valence-corrected chi connectivity index (χ0v) is 18.2. The Hall–Kier alpha value is -2.61. The van der Waals surface area contributed by atoms with Crippen LogP contribution in [-0.2, 0) is 16.4 Å². The summed E-state index contributed by atoms with van der Waals surface area (Å²) >= 11 is 0. The van der Waals surface area contributed by atoms with E-state index in [1.54, 1.807) is 30.5 Å². The van der Waals surface area contributed by atoms with Gasteiger partial charge in [-0.2, -0.15) is 0 Å². The first-order valence-corrected chi connectivity index (χ1v) is 12.2. The Morgan fingerprint density at radius 2 is 1.83 bits per heavy atom. The minimum atomic E-state index is -3.40. The van der Waals surface area contributed by atoms with Crippen LogP contribution in [0.1, 0.15) is 43.0 Å². The van der Waals surface area contributed by atoms with E-state index in [0.29, 0.717) is 23.2 Å². The Morgan fingerprint density at radius 1 is 1.13 bits per heavy atom. The minimum absolute atomic E-state index is 0.189. The fraction of sp³-hybridized carbons (Fsp3) is 0.455. The lowest BCUT2D eigenvalue weighted by Gasteiger charge is -2.35. The molecule has 1 N–H and O–H groups in total. The Kier molecular flexibility index (Phi) is 5.22. The lowest BCUT2D eigenvalue weighted by atomic mass is 9.93. The molecular formula is C22H27N3O4S. The first-order valence-electron chi connectivity index (χ1n) is 10.3. The topological polar surface area (TPSA) is 88.5 Å². The van der Waals surface area contributed by atoms with E-state index in [4.69, 9.17) is 0 Å². The van der Waals surface area contributed by atoms with Crippen molar-refractivity contribution in [1.29, 1.82) is 0 Å². The number of aromatic nitrogens is 1. The van der Waals surface area contributed by atoms with E-state index in [2.05, 4.69) is 10.2 Å². The van der Waals surface area contributed by atoms with E-state index in [9.17, 15) is 18.0 Å². The van der Waals surface area contributed by atoms with Gasteiger partial charge in [-0.25, -0.2) is 8.42 Å². The van der Waals surface area contributed by atoms with Gasteiger partial charge < -0.3 is 14.8 Å². The molecular weight excluding hydrogens is 402 g/mol. The predicted molar refractivity (Wildman–Crippen MR) is 117 cm³/mol. The number of pyridine rings is 1.